The Kier molecular flexibility index (Phi) is 9.78. The zero-order valence-corrected chi connectivity index (χ0v) is 23.6. The molecule has 3 amide bonds. The highest BCUT2D eigenvalue weighted by Gasteiger charge is 2.23. The fourth-order valence-corrected chi connectivity index (χ4v) is 4.92. The lowest BCUT2D eigenvalue weighted by molar-refractivity contribution is -0.143. The Morgan fingerprint density at radius 1 is 1.00 bits per heavy atom. The topological polar surface area (TPSA) is 148 Å². The third-order valence-electron chi connectivity index (χ3n) is 5.79. The second-order valence-corrected chi connectivity index (χ2v) is 11.5. The van der Waals surface area contributed by atoms with Gasteiger partial charge in [-0.25, -0.2) is 13.2 Å². The predicted molar refractivity (Wildman–Crippen MR) is 153 cm³/mol. The first-order chi connectivity index (χ1) is 18.9. The summed E-state index contributed by atoms with van der Waals surface area (Å²) in [5, 5.41) is 2.62. The van der Waals surface area contributed by atoms with Crippen molar-refractivity contribution in [2.24, 2.45) is 16.6 Å². The van der Waals surface area contributed by atoms with Crippen LogP contribution >= 0.6 is 0 Å². The molecular weight excluding hydrogens is 532 g/mol. The van der Waals surface area contributed by atoms with Crippen molar-refractivity contribution in [2.45, 2.75) is 25.3 Å². The number of hydrogen-bond acceptors (Lipinski definition) is 6. The number of anilines is 1. The number of amidine groups is 1. The van der Waals surface area contributed by atoms with Gasteiger partial charge in [0, 0.05) is 36.2 Å². The van der Waals surface area contributed by atoms with Gasteiger partial charge in [0.2, 0.25) is 0 Å². The number of methoxy groups -OCH3 is 1. The zero-order valence-electron chi connectivity index (χ0n) is 22.7. The Morgan fingerprint density at radius 3 is 2.30 bits per heavy atom. The van der Waals surface area contributed by atoms with Gasteiger partial charge in [-0.3, -0.25) is 9.59 Å². The molecule has 3 aromatic rings. The Hall–Kier alpha value is -4.51. The van der Waals surface area contributed by atoms with E-state index in [-0.39, 0.29) is 23.2 Å². The van der Waals surface area contributed by atoms with Crippen molar-refractivity contribution >= 4 is 39.3 Å². The molecule has 0 saturated carbocycles. The number of carbonyl (C=O) groups is 3. The fourth-order valence-electron chi connectivity index (χ4n) is 4.01. The highest BCUT2D eigenvalue weighted by molar-refractivity contribution is 7.90. The van der Waals surface area contributed by atoms with Crippen LogP contribution in [0.1, 0.15) is 25.0 Å². The number of nitrogens with two attached hydrogens (primary N) is 1. The number of nitrogens with one attached hydrogen (secondary N) is 1. The van der Waals surface area contributed by atoms with Crippen LogP contribution in [0.3, 0.4) is 0 Å². The maximum absolute atomic E-state index is 13.2. The van der Waals surface area contributed by atoms with Crippen molar-refractivity contribution in [1.82, 2.24) is 4.90 Å². The first kappa shape index (κ1) is 30.0. The van der Waals surface area contributed by atoms with E-state index in [1.54, 1.807) is 66.7 Å². The first-order valence-corrected chi connectivity index (χ1v) is 14.3. The quantitative estimate of drug-likeness (QED) is 0.240. The van der Waals surface area contributed by atoms with Crippen LogP contribution in [0.25, 0.3) is 11.1 Å². The molecule has 0 bridgehead atoms. The number of rotatable bonds is 8. The van der Waals surface area contributed by atoms with Gasteiger partial charge in [0.1, 0.15) is 5.84 Å². The lowest BCUT2D eigenvalue weighted by Crippen LogP contribution is -2.41. The normalized spacial score (nSPS) is 11.7. The molecule has 0 radical (unpaired) electrons. The van der Waals surface area contributed by atoms with E-state index in [1.807, 2.05) is 13.8 Å². The van der Waals surface area contributed by atoms with Crippen LogP contribution in [0.4, 0.5) is 10.5 Å². The summed E-state index contributed by atoms with van der Waals surface area (Å²) in [6.07, 6.45) is 0.319. The van der Waals surface area contributed by atoms with Crippen LogP contribution < -0.4 is 11.1 Å². The van der Waals surface area contributed by atoms with E-state index < -0.39 is 27.7 Å². The third kappa shape index (κ3) is 8.00. The minimum atomic E-state index is -3.44. The van der Waals surface area contributed by atoms with Crippen molar-refractivity contribution in [2.75, 3.05) is 25.2 Å². The molecule has 0 aliphatic carbocycles. The number of benzene rings is 3. The molecule has 0 spiro atoms. The van der Waals surface area contributed by atoms with E-state index in [2.05, 4.69) is 15.0 Å². The summed E-state index contributed by atoms with van der Waals surface area (Å²) in [5.74, 6) is -1.48. The summed E-state index contributed by atoms with van der Waals surface area (Å²) in [5.41, 5.74) is 8.65. The van der Waals surface area contributed by atoms with Gasteiger partial charge >= 0.3 is 17.9 Å². The molecule has 3 N–H and O–H groups in total. The maximum atomic E-state index is 13.2. The summed E-state index contributed by atoms with van der Waals surface area (Å²) in [7, 11) is -2.24. The van der Waals surface area contributed by atoms with Gasteiger partial charge in [0.25, 0.3) is 0 Å². The van der Waals surface area contributed by atoms with Crippen LogP contribution in [0, 0.1) is 5.92 Å². The van der Waals surface area contributed by atoms with E-state index >= 15 is 0 Å². The minimum Gasteiger partial charge on any atom is -0.451 e. The molecule has 11 heteroatoms. The second-order valence-electron chi connectivity index (χ2n) is 9.55. The van der Waals surface area contributed by atoms with Gasteiger partial charge in [0.05, 0.1) is 12.0 Å². The van der Waals surface area contributed by atoms with Gasteiger partial charge in [-0.2, -0.15) is 4.99 Å². The maximum Gasteiger partial charge on any atom is 0.435 e. The molecule has 0 heterocycles. The molecule has 210 valence electrons. The molecule has 0 aromatic heterocycles. The SMILES string of the molecule is COC(=O)N=C(N)c1cccc(CN(CC(C)C)C(=O)C(=O)Nc2ccc(-c3ccccc3S(C)(=O)=O)cc2)c1. The van der Waals surface area contributed by atoms with Gasteiger partial charge in [-0.15, -0.1) is 0 Å². The van der Waals surface area contributed by atoms with Crippen LogP contribution in [0.5, 0.6) is 0 Å². The standard InChI is InChI=1S/C29H32N4O6S/c1-19(2)17-33(18-20-8-7-9-22(16-20)26(30)32-29(36)39-3)28(35)27(34)31-23-14-12-21(13-15-23)24-10-5-6-11-25(24)40(4,37)38/h5-16,19H,17-18H2,1-4H3,(H,31,34)(H2,30,32,36). The summed E-state index contributed by atoms with van der Waals surface area (Å²) >= 11 is 0. The highest BCUT2D eigenvalue weighted by atomic mass is 32.2. The smallest absolute Gasteiger partial charge is 0.435 e. The zero-order chi connectivity index (χ0) is 29.4. The average molecular weight is 565 g/mol. The van der Waals surface area contributed by atoms with E-state index in [4.69, 9.17) is 5.73 Å². The van der Waals surface area contributed by atoms with Crippen molar-refractivity contribution in [3.8, 4) is 11.1 Å². The molecule has 0 atom stereocenters. The highest BCUT2D eigenvalue weighted by Crippen LogP contribution is 2.28. The number of sulfone groups is 1. The molecule has 0 aliphatic heterocycles. The lowest BCUT2D eigenvalue weighted by atomic mass is 10.1. The number of amides is 3. The van der Waals surface area contributed by atoms with Crippen LogP contribution in [0.2, 0.25) is 0 Å². The van der Waals surface area contributed by atoms with E-state index in [0.717, 1.165) is 6.26 Å². The molecule has 0 fully saturated rings. The van der Waals surface area contributed by atoms with Gasteiger partial charge < -0.3 is 20.7 Å². The molecule has 0 aliphatic rings. The summed E-state index contributed by atoms with van der Waals surface area (Å²) in [6, 6.07) is 20.1. The number of hydrogen-bond donors (Lipinski definition) is 2. The number of ether oxygens (including phenoxy) is 1. The Bertz CT molecular complexity index is 1530. The van der Waals surface area contributed by atoms with E-state index in [9.17, 15) is 22.8 Å². The van der Waals surface area contributed by atoms with Crippen LogP contribution in [0.15, 0.2) is 82.7 Å². The van der Waals surface area contributed by atoms with E-state index in [1.165, 1.54) is 18.1 Å². The largest absolute Gasteiger partial charge is 0.451 e. The van der Waals surface area contributed by atoms with Crippen molar-refractivity contribution in [3.63, 3.8) is 0 Å². The Labute approximate surface area is 233 Å². The van der Waals surface area contributed by atoms with Crippen LogP contribution in [-0.2, 0) is 30.7 Å². The molecule has 0 unspecified atom stereocenters. The number of nitrogens with zero attached hydrogens (tertiary/aromatic N) is 2. The van der Waals surface area contributed by atoms with Gasteiger partial charge in [-0.05, 0) is 41.3 Å². The van der Waals surface area contributed by atoms with Gasteiger partial charge in [0.15, 0.2) is 9.84 Å². The number of aliphatic imine (C=N–C) groups is 1. The molecule has 0 saturated heterocycles. The molecule has 10 nitrogen and oxygen atoms in total. The van der Waals surface area contributed by atoms with Crippen molar-refractivity contribution in [1.29, 1.82) is 0 Å². The van der Waals surface area contributed by atoms with Crippen molar-refractivity contribution in [3.05, 3.63) is 83.9 Å². The molecule has 3 rings (SSSR count). The second kappa shape index (κ2) is 13.0. The summed E-state index contributed by atoms with van der Waals surface area (Å²) < 4.78 is 28.8. The first-order valence-electron chi connectivity index (χ1n) is 12.4. The molecule has 3 aromatic carbocycles. The minimum absolute atomic E-state index is 0.0317. The summed E-state index contributed by atoms with van der Waals surface area (Å²) in [4.78, 5) is 42.8. The van der Waals surface area contributed by atoms with E-state index in [0.29, 0.717) is 34.5 Å². The fraction of sp³-hybridized carbons (Fsp3) is 0.241. The lowest BCUT2D eigenvalue weighted by Gasteiger charge is -2.24. The monoisotopic (exact) mass is 564 g/mol. The summed E-state index contributed by atoms with van der Waals surface area (Å²) in [6.45, 7) is 4.32. The Morgan fingerprint density at radius 2 is 1.68 bits per heavy atom. The third-order valence-corrected chi connectivity index (χ3v) is 6.94. The molecule has 40 heavy (non-hydrogen) atoms. The van der Waals surface area contributed by atoms with Crippen molar-refractivity contribution < 1.29 is 27.5 Å². The Balaban J connectivity index is 1.77. The van der Waals surface area contributed by atoms with Crippen LogP contribution in [-0.4, -0.2) is 57.0 Å². The molecular formula is C29H32N4O6S. The predicted octanol–water partition coefficient (Wildman–Crippen LogP) is 3.85. The number of carbonyl (C=O) groups excluding carboxylic acids is 3. The van der Waals surface area contributed by atoms with Gasteiger partial charge in [-0.1, -0.05) is 62.4 Å². The average Bonchev–Trinajstić information content (AvgIpc) is 2.92.